The second kappa shape index (κ2) is 4.22. The van der Waals surface area contributed by atoms with Gasteiger partial charge in [-0.05, 0) is 18.9 Å². The molecule has 0 atom stereocenters. The van der Waals surface area contributed by atoms with Crippen molar-refractivity contribution in [3.8, 4) is 5.75 Å². The number of phenols is 1. The van der Waals surface area contributed by atoms with Crippen molar-refractivity contribution in [2.75, 3.05) is 6.54 Å². The maximum atomic E-state index is 13.3. The summed E-state index contributed by atoms with van der Waals surface area (Å²) in [7, 11) is 0. The summed E-state index contributed by atoms with van der Waals surface area (Å²) in [6.45, 7) is 0.186. The fourth-order valence-corrected chi connectivity index (χ4v) is 2.62. The highest BCUT2D eigenvalue weighted by atomic mass is 19.2. The molecular weight excluding hydrogens is 231 g/mol. The van der Waals surface area contributed by atoms with Gasteiger partial charge in [-0.25, -0.2) is 8.78 Å². The van der Waals surface area contributed by atoms with Gasteiger partial charge in [0.15, 0.2) is 17.4 Å². The summed E-state index contributed by atoms with van der Waals surface area (Å²) >= 11 is 0. The number of rotatable bonds is 2. The zero-order valence-corrected chi connectivity index (χ0v) is 9.27. The Morgan fingerprint density at radius 3 is 2.29 bits per heavy atom. The van der Waals surface area contributed by atoms with Crippen LogP contribution in [-0.2, 0) is 5.41 Å². The van der Waals surface area contributed by atoms with Crippen molar-refractivity contribution in [3.05, 3.63) is 29.1 Å². The third kappa shape index (κ3) is 1.78. The molecule has 1 aromatic rings. The number of hydrogen-bond donors (Lipinski definition) is 2. The molecule has 1 saturated carbocycles. The predicted octanol–water partition coefficient (Wildman–Crippen LogP) is 2.58. The number of halogens is 3. The Morgan fingerprint density at radius 1 is 1.18 bits per heavy atom. The molecule has 5 heteroatoms. The second-order valence-electron chi connectivity index (χ2n) is 4.57. The maximum Gasteiger partial charge on any atom is 0.203 e. The van der Waals surface area contributed by atoms with Crippen LogP contribution in [0.4, 0.5) is 13.2 Å². The molecule has 0 radical (unpaired) electrons. The lowest BCUT2D eigenvalue weighted by atomic mass is 9.78. The lowest BCUT2D eigenvalue weighted by Crippen LogP contribution is -2.32. The molecule has 3 N–H and O–H groups in total. The zero-order valence-electron chi connectivity index (χ0n) is 9.27. The van der Waals surface area contributed by atoms with E-state index in [1.807, 2.05) is 0 Å². The van der Waals surface area contributed by atoms with Crippen LogP contribution in [-0.4, -0.2) is 11.7 Å². The van der Waals surface area contributed by atoms with Gasteiger partial charge in [-0.1, -0.05) is 12.8 Å². The van der Waals surface area contributed by atoms with E-state index >= 15 is 0 Å². The van der Waals surface area contributed by atoms with E-state index in [1.54, 1.807) is 0 Å². The van der Waals surface area contributed by atoms with E-state index in [4.69, 9.17) is 5.73 Å². The van der Waals surface area contributed by atoms with Crippen LogP contribution in [0.2, 0.25) is 0 Å². The molecule has 0 spiro atoms. The average molecular weight is 245 g/mol. The van der Waals surface area contributed by atoms with Crippen molar-refractivity contribution >= 4 is 0 Å². The van der Waals surface area contributed by atoms with Gasteiger partial charge in [0.2, 0.25) is 5.82 Å². The van der Waals surface area contributed by atoms with Crippen LogP contribution in [0.5, 0.6) is 5.75 Å². The average Bonchev–Trinajstić information content (AvgIpc) is 2.81. The summed E-state index contributed by atoms with van der Waals surface area (Å²) in [5.41, 5.74) is 5.12. The van der Waals surface area contributed by atoms with Gasteiger partial charge in [0, 0.05) is 17.5 Å². The summed E-state index contributed by atoms with van der Waals surface area (Å²) < 4.78 is 39.5. The van der Waals surface area contributed by atoms with Crippen molar-refractivity contribution in [1.29, 1.82) is 0 Å². The van der Waals surface area contributed by atoms with Crippen molar-refractivity contribution < 1.29 is 18.3 Å². The third-order valence-corrected chi connectivity index (χ3v) is 3.66. The molecule has 94 valence electrons. The lowest BCUT2D eigenvalue weighted by molar-refractivity contribution is 0.354. The molecule has 0 aromatic heterocycles. The first-order valence-electron chi connectivity index (χ1n) is 5.59. The van der Waals surface area contributed by atoms with Gasteiger partial charge < -0.3 is 10.8 Å². The van der Waals surface area contributed by atoms with Crippen molar-refractivity contribution in [2.45, 2.75) is 31.1 Å². The Morgan fingerprint density at radius 2 is 1.76 bits per heavy atom. The first kappa shape index (κ1) is 12.2. The molecule has 17 heavy (non-hydrogen) atoms. The zero-order chi connectivity index (χ0) is 12.6. The van der Waals surface area contributed by atoms with E-state index in [0.717, 1.165) is 18.9 Å². The fourth-order valence-electron chi connectivity index (χ4n) is 2.62. The van der Waals surface area contributed by atoms with Crippen molar-refractivity contribution in [1.82, 2.24) is 0 Å². The molecule has 1 aliphatic carbocycles. The van der Waals surface area contributed by atoms with Crippen molar-refractivity contribution in [2.24, 2.45) is 5.73 Å². The van der Waals surface area contributed by atoms with Crippen LogP contribution in [0.1, 0.15) is 31.2 Å². The van der Waals surface area contributed by atoms with Gasteiger partial charge in [0.25, 0.3) is 0 Å². The quantitative estimate of drug-likeness (QED) is 0.787. The normalized spacial score (nSPS) is 18.6. The fraction of sp³-hybridized carbons (Fsp3) is 0.500. The first-order chi connectivity index (χ1) is 8.02. The minimum absolute atomic E-state index is 0.0916. The van der Waals surface area contributed by atoms with E-state index in [1.165, 1.54) is 0 Å². The molecule has 0 bridgehead atoms. The highest BCUT2D eigenvalue weighted by molar-refractivity contribution is 5.42. The molecule has 0 saturated heterocycles. The minimum Gasteiger partial charge on any atom is -0.505 e. The standard InChI is InChI=1S/C12H14F3NO/c13-8-5-7(11(17)10(15)9(8)14)12(6-16)3-1-2-4-12/h5,17H,1-4,6,16H2. The molecule has 2 rings (SSSR count). The van der Waals surface area contributed by atoms with Gasteiger partial charge >= 0.3 is 0 Å². The van der Waals surface area contributed by atoms with Crippen LogP contribution in [0.3, 0.4) is 0 Å². The second-order valence-corrected chi connectivity index (χ2v) is 4.57. The third-order valence-electron chi connectivity index (χ3n) is 3.66. The molecular formula is C12H14F3NO. The molecule has 0 unspecified atom stereocenters. The molecule has 2 nitrogen and oxygen atoms in total. The monoisotopic (exact) mass is 245 g/mol. The maximum absolute atomic E-state index is 13.3. The van der Waals surface area contributed by atoms with Crippen LogP contribution in [0.25, 0.3) is 0 Å². The Balaban J connectivity index is 2.59. The van der Waals surface area contributed by atoms with Gasteiger partial charge in [-0.2, -0.15) is 4.39 Å². The first-order valence-corrected chi connectivity index (χ1v) is 5.59. The number of benzene rings is 1. The predicted molar refractivity (Wildman–Crippen MR) is 57.2 cm³/mol. The summed E-state index contributed by atoms with van der Waals surface area (Å²) in [5.74, 6) is -5.26. The highest BCUT2D eigenvalue weighted by Crippen LogP contribution is 2.45. The van der Waals surface area contributed by atoms with E-state index in [9.17, 15) is 18.3 Å². The molecule has 1 fully saturated rings. The van der Waals surface area contributed by atoms with Gasteiger partial charge in [-0.3, -0.25) is 0 Å². The molecule has 1 aromatic carbocycles. The highest BCUT2D eigenvalue weighted by Gasteiger charge is 2.38. The van der Waals surface area contributed by atoms with E-state index in [-0.39, 0.29) is 12.1 Å². The summed E-state index contributed by atoms with van der Waals surface area (Å²) in [4.78, 5) is 0. The van der Waals surface area contributed by atoms with Crippen LogP contribution in [0.15, 0.2) is 6.07 Å². The van der Waals surface area contributed by atoms with Crippen LogP contribution >= 0.6 is 0 Å². The molecule has 0 aliphatic heterocycles. The van der Waals surface area contributed by atoms with Crippen LogP contribution < -0.4 is 5.73 Å². The topological polar surface area (TPSA) is 46.2 Å². The van der Waals surface area contributed by atoms with E-state index < -0.39 is 28.6 Å². The number of nitrogens with two attached hydrogens (primary N) is 1. The molecule has 0 heterocycles. The SMILES string of the molecule is NCC1(c2cc(F)c(F)c(F)c2O)CCCC1. The Bertz CT molecular complexity index is 442. The Kier molecular flexibility index (Phi) is 3.03. The number of phenolic OH excluding ortho intramolecular Hbond substituents is 1. The molecule has 1 aliphatic rings. The Hall–Kier alpha value is -1.23. The number of hydrogen-bond acceptors (Lipinski definition) is 2. The van der Waals surface area contributed by atoms with E-state index in [2.05, 4.69) is 0 Å². The summed E-state index contributed by atoms with van der Waals surface area (Å²) in [6.07, 6.45) is 3.08. The van der Waals surface area contributed by atoms with Crippen LogP contribution in [0, 0.1) is 17.5 Å². The van der Waals surface area contributed by atoms with Gasteiger partial charge in [0.1, 0.15) is 0 Å². The van der Waals surface area contributed by atoms with Gasteiger partial charge in [-0.15, -0.1) is 0 Å². The molecule has 0 amide bonds. The van der Waals surface area contributed by atoms with Gasteiger partial charge in [0.05, 0.1) is 0 Å². The summed E-state index contributed by atoms with van der Waals surface area (Å²) in [6, 6.07) is 0.867. The largest absolute Gasteiger partial charge is 0.505 e. The summed E-state index contributed by atoms with van der Waals surface area (Å²) in [5, 5.41) is 9.62. The number of aromatic hydroxyl groups is 1. The smallest absolute Gasteiger partial charge is 0.203 e. The van der Waals surface area contributed by atoms with Crippen molar-refractivity contribution in [3.63, 3.8) is 0 Å². The lowest BCUT2D eigenvalue weighted by Gasteiger charge is -2.28. The van der Waals surface area contributed by atoms with E-state index in [0.29, 0.717) is 12.8 Å². The minimum atomic E-state index is -1.64. The Labute approximate surface area is 97.2 Å².